The third kappa shape index (κ3) is 4.68. The molecule has 0 amide bonds. The molecule has 96 valence electrons. The lowest BCUT2D eigenvalue weighted by molar-refractivity contribution is 0.349. The predicted molar refractivity (Wildman–Crippen MR) is 74.7 cm³/mol. The summed E-state index contributed by atoms with van der Waals surface area (Å²) >= 11 is -1.07. The van der Waals surface area contributed by atoms with Gasteiger partial charge in [0.05, 0.1) is 11.4 Å². The van der Waals surface area contributed by atoms with E-state index in [4.69, 9.17) is 5.73 Å². The van der Waals surface area contributed by atoms with Crippen molar-refractivity contribution >= 4 is 11.4 Å². The molecule has 1 saturated heterocycles. The highest BCUT2D eigenvalue weighted by atomic mass is 32.2. The van der Waals surface area contributed by atoms with Crippen LogP contribution < -0.4 is 5.73 Å². The van der Waals surface area contributed by atoms with Crippen molar-refractivity contribution < 1.29 is 4.55 Å². The van der Waals surface area contributed by atoms with Crippen LogP contribution >= 0.6 is 0 Å². The zero-order valence-corrected chi connectivity index (χ0v) is 11.3. The SMILES string of the molecule is C=C/C(=C\C=C(/C)CN)[S+]([O-])N1CCCCC1. The number of rotatable bonds is 5. The molecule has 0 spiro atoms. The maximum atomic E-state index is 12.3. The Labute approximate surface area is 107 Å². The van der Waals surface area contributed by atoms with Crippen LogP contribution in [0.25, 0.3) is 0 Å². The molecule has 1 aliphatic rings. The molecule has 0 aliphatic carbocycles. The summed E-state index contributed by atoms with van der Waals surface area (Å²) in [5.74, 6) is 0. The van der Waals surface area contributed by atoms with Crippen molar-refractivity contribution in [3.8, 4) is 0 Å². The van der Waals surface area contributed by atoms with Crippen molar-refractivity contribution in [1.82, 2.24) is 4.31 Å². The van der Waals surface area contributed by atoms with Crippen LogP contribution in [0, 0.1) is 0 Å². The van der Waals surface area contributed by atoms with Gasteiger partial charge >= 0.3 is 0 Å². The molecule has 1 aliphatic heterocycles. The van der Waals surface area contributed by atoms with E-state index in [-0.39, 0.29) is 0 Å². The van der Waals surface area contributed by atoms with Crippen LogP contribution in [-0.4, -0.2) is 28.5 Å². The first-order valence-electron chi connectivity index (χ1n) is 6.06. The van der Waals surface area contributed by atoms with Gasteiger partial charge in [-0.25, -0.2) is 0 Å². The number of piperidine rings is 1. The summed E-state index contributed by atoms with van der Waals surface area (Å²) in [6.07, 6.45) is 8.96. The Hall–Kier alpha value is -0.550. The van der Waals surface area contributed by atoms with Crippen LogP contribution in [0.1, 0.15) is 26.2 Å². The van der Waals surface area contributed by atoms with E-state index < -0.39 is 11.4 Å². The molecule has 1 fully saturated rings. The second kappa shape index (κ2) is 7.71. The Bertz CT molecular complexity index is 307. The Kier molecular flexibility index (Phi) is 6.58. The molecule has 1 heterocycles. The van der Waals surface area contributed by atoms with Gasteiger partial charge in [-0.1, -0.05) is 24.6 Å². The van der Waals surface area contributed by atoms with E-state index in [9.17, 15) is 4.55 Å². The number of nitrogens with two attached hydrogens (primary N) is 1. The van der Waals surface area contributed by atoms with Crippen molar-refractivity contribution in [2.45, 2.75) is 26.2 Å². The number of hydrogen-bond acceptors (Lipinski definition) is 3. The van der Waals surface area contributed by atoms with Crippen LogP contribution in [0.15, 0.2) is 35.3 Å². The van der Waals surface area contributed by atoms with E-state index in [1.54, 1.807) is 6.08 Å². The lowest BCUT2D eigenvalue weighted by Gasteiger charge is -2.27. The van der Waals surface area contributed by atoms with Gasteiger partial charge in [0.1, 0.15) is 0 Å². The molecule has 0 aromatic rings. The van der Waals surface area contributed by atoms with Gasteiger partial charge in [0.25, 0.3) is 0 Å². The summed E-state index contributed by atoms with van der Waals surface area (Å²) in [5.41, 5.74) is 6.58. The van der Waals surface area contributed by atoms with Crippen LogP contribution in [-0.2, 0) is 11.4 Å². The average molecular weight is 254 g/mol. The summed E-state index contributed by atoms with van der Waals surface area (Å²) in [7, 11) is 0. The van der Waals surface area contributed by atoms with Crippen LogP contribution in [0.3, 0.4) is 0 Å². The summed E-state index contributed by atoms with van der Waals surface area (Å²) in [5, 5.41) is 0. The third-order valence-corrected chi connectivity index (χ3v) is 4.35. The highest BCUT2D eigenvalue weighted by Crippen LogP contribution is 2.19. The molecule has 0 aromatic heterocycles. The lowest BCUT2D eigenvalue weighted by Crippen LogP contribution is -2.36. The van der Waals surface area contributed by atoms with Crippen LogP contribution in [0.2, 0.25) is 0 Å². The molecule has 1 unspecified atom stereocenters. The third-order valence-electron chi connectivity index (χ3n) is 2.81. The number of hydrogen-bond donors (Lipinski definition) is 1. The summed E-state index contributed by atoms with van der Waals surface area (Å²) < 4.78 is 14.3. The average Bonchev–Trinajstić information content (AvgIpc) is 2.39. The largest absolute Gasteiger partial charge is 0.593 e. The molecule has 1 atom stereocenters. The van der Waals surface area contributed by atoms with E-state index in [0.29, 0.717) is 6.54 Å². The maximum Gasteiger partial charge on any atom is 0.173 e. The van der Waals surface area contributed by atoms with E-state index >= 15 is 0 Å². The fourth-order valence-corrected chi connectivity index (χ4v) is 2.88. The molecule has 0 radical (unpaired) electrons. The Morgan fingerprint density at radius 2 is 2.00 bits per heavy atom. The Balaban J connectivity index is 2.68. The summed E-state index contributed by atoms with van der Waals surface area (Å²) in [6, 6.07) is 0. The second-order valence-corrected chi connectivity index (χ2v) is 5.72. The summed E-state index contributed by atoms with van der Waals surface area (Å²) in [6.45, 7) is 8.04. The van der Waals surface area contributed by atoms with Gasteiger partial charge in [-0.3, -0.25) is 0 Å². The zero-order chi connectivity index (χ0) is 12.7. The molecule has 17 heavy (non-hydrogen) atoms. The maximum absolute atomic E-state index is 12.3. The van der Waals surface area contributed by atoms with E-state index in [0.717, 1.165) is 36.4 Å². The normalized spacial score (nSPS) is 21.4. The smallest absolute Gasteiger partial charge is 0.173 e. The minimum absolute atomic E-state index is 0.525. The Morgan fingerprint density at radius 1 is 1.35 bits per heavy atom. The predicted octanol–water partition coefficient (Wildman–Crippen LogP) is 2.11. The minimum atomic E-state index is -1.07. The molecule has 4 heteroatoms. The quantitative estimate of drug-likeness (QED) is 0.604. The van der Waals surface area contributed by atoms with E-state index in [2.05, 4.69) is 6.58 Å². The highest BCUT2D eigenvalue weighted by Gasteiger charge is 2.24. The van der Waals surface area contributed by atoms with Crippen LogP contribution in [0.5, 0.6) is 0 Å². The van der Waals surface area contributed by atoms with E-state index in [1.807, 2.05) is 23.4 Å². The standard InChI is InChI=1S/C13H22N2OS/c1-3-13(8-7-12(2)11-14)17(16)15-9-5-4-6-10-15/h3,7-8H,1,4-6,9-11,14H2,2H3/b12-7+,13-8+. The van der Waals surface area contributed by atoms with Gasteiger partial charge in [0.2, 0.25) is 0 Å². The molecule has 2 N–H and O–H groups in total. The highest BCUT2D eigenvalue weighted by molar-refractivity contribution is 7.93. The minimum Gasteiger partial charge on any atom is -0.593 e. The first-order valence-corrected chi connectivity index (χ1v) is 7.16. The number of allylic oxidation sites excluding steroid dienone is 3. The van der Waals surface area contributed by atoms with Crippen LogP contribution in [0.4, 0.5) is 0 Å². The monoisotopic (exact) mass is 254 g/mol. The molecule has 0 bridgehead atoms. The first-order chi connectivity index (χ1) is 8.19. The first kappa shape index (κ1) is 14.5. The van der Waals surface area contributed by atoms with Gasteiger partial charge < -0.3 is 10.3 Å². The van der Waals surface area contributed by atoms with Crippen molar-refractivity contribution in [3.05, 3.63) is 35.3 Å². The van der Waals surface area contributed by atoms with Gasteiger partial charge in [0, 0.05) is 19.6 Å². The topological polar surface area (TPSA) is 52.3 Å². The van der Waals surface area contributed by atoms with Gasteiger partial charge in [-0.2, -0.15) is 0 Å². The molecular formula is C13H22N2OS. The molecule has 0 aromatic carbocycles. The van der Waals surface area contributed by atoms with Crippen molar-refractivity contribution in [3.63, 3.8) is 0 Å². The van der Waals surface area contributed by atoms with Crippen molar-refractivity contribution in [2.75, 3.05) is 19.6 Å². The molecule has 3 nitrogen and oxygen atoms in total. The molecule has 0 saturated carbocycles. The molecular weight excluding hydrogens is 232 g/mol. The van der Waals surface area contributed by atoms with Gasteiger partial charge in [0.15, 0.2) is 4.91 Å². The van der Waals surface area contributed by atoms with Gasteiger partial charge in [-0.05, 0) is 31.9 Å². The molecule has 1 rings (SSSR count). The van der Waals surface area contributed by atoms with E-state index in [1.165, 1.54) is 6.42 Å². The van der Waals surface area contributed by atoms with Crippen molar-refractivity contribution in [1.29, 1.82) is 0 Å². The number of nitrogens with zero attached hydrogens (tertiary/aromatic N) is 1. The van der Waals surface area contributed by atoms with Crippen molar-refractivity contribution in [2.24, 2.45) is 5.73 Å². The summed E-state index contributed by atoms with van der Waals surface area (Å²) in [4.78, 5) is 0.764. The lowest BCUT2D eigenvalue weighted by atomic mass is 10.2. The van der Waals surface area contributed by atoms with Gasteiger partial charge in [-0.15, -0.1) is 4.31 Å². The Morgan fingerprint density at radius 3 is 2.53 bits per heavy atom. The fourth-order valence-electron chi connectivity index (χ4n) is 1.67. The second-order valence-electron chi connectivity index (χ2n) is 4.23. The zero-order valence-electron chi connectivity index (χ0n) is 10.5. The fraction of sp³-hybridized carbons (Fsp3) is 0.538.